The van der Waals surface area contributed by atoms with E-state index < -0.39 is 0 Å². The average Bonchev–Trinajstić information content (AvgIpc) is 2.56. The zero-order valence-electron chi connectivity index (χ0n) is 12.2. The Balaban J connectivity index is 2.07. The molecule has 3 aromatic carbocycles. The molecule has 116 valence electrons. The smallest absolute Gasteiger partial charge is 0.126 e. The van der Waals surface area contributed by atoms with E-state index in [2.05, 4.69) is 4.99 Å². The maximum atomic E-state index is 6.16. The highest BCUT2D eigenvalue weighted by molar-refractivity contribution is 6.44. The summed E-state index contributed by atoms with van der Waals surface area (Å²) in [6, 6.07) is 15.1. The quantitative estimate of drug-likeness (QED) is 0.381. The first-order valence-corrected chi connectivity index (χ1v) is 7.98. The Morgan fingerprint density at radius 2 is 1.57 bits per heavy atom. The van der Waals surface area contributed by atoms with Crippen LogP contribution in [0.4, 0.5) is 5.69 Å². The molecule has 0 spiro atoms. The van der Waals surface area contributed by atoms with Gasteiger partial charge in [0, 0.05) is 17.2 Å². The number of fused-ring (bicyclic) bond motifs is 1. The molecule has 3 rings (SSSR count). The Morgan fingerprint density at radius 1 is 0.870 bits per heavy atom. The maximum Gasteiger partial charge on any atom is 0.126 e. The summed E-state index contributed by atoms with van der Waals surface area (Å²) in [5.74, 6) is 0.824. The van der Waals surface area contributed by atoms with Gasteiger partial charge in [-0.05, 0) is 29.7 Å². The summed E-state index contributed by atoms with van der Waals surface area (Å²) in [6.07, 6.45) is 1.76. The molecular formula is C18H12Cl3NO. The largest absolute Gasteiger partial charge is 0.496 e. The van der Waals surface area contributed by atoms with E-state index in [0.717, 1.165) is 22.1 Å². The standard InChI is InChI=1S/C18H12Cl3NO/c1-23-18-7-6-11(12-4-2-3-5-13(12)18)10-22-17-9-15(20)14(19)8-16(17)21/h2-10H,1H3. The fourth-order valence-corrected chi connectivity index (χ4v) is 2.93. The minimum Gasteiger partial charge on any atom is -0.496 e. The third kappa shape index (κ3) is 3.30. The lowest BCUT2D eigenvalue weighted by atomic mass is 10.0. The fourth-order valence-electron chi connectivity index (χ4n) is 2.34. The van der Waals surface area contributed by atoms with Gasteiger partial charge in [-0.25, -0.2) is 0 Å². The normalized spacial score (nSPS) is 11.3. The van der Waals surface area contributed by atoms with E-state index in [0.29, 0.717) is 20.8 Å². The van der Waals surface area contributed by atoms with E-state index in [9.17, 15) is 0 Å². The summed E-state index contributed by atoms with van der Waals surface area (Å²) in [6.45, 7) is 0. The van der Waals surface area contributed by atoms with Gasteiger partial charge in [0.2, 0.25) is 0 Å². The molecule has 0 saturated heterocycles. The Hall–Kier alpha value is -1.74. The molecule has 5 heteroatoms. The molecule has 0 fully saturated rings. The third-order valence-corrected chi connectivity index (χ3v) is 4.50. The molecule has 0 atom stereocenters. The van der Waals surface area contributed by atoms with Crippen molar-refractivity contribution in [1.29, 1.82) is 0 Å². The molecule has 0 unspecified atom stereocenters. The maximum absolute atomic E-state index is 6.16. The molecule has 0 aliphatic carbocycles. The van der Waals surface area contributed by atoms with Crippen LogP contribution in [0.25, 0.3) is 10.8 Å². The van der Waals surface area contributed by atoms with E-state index >= 15 is 0 Å². The summed E-state index contributed by atoms with van der Waals surface area (Å²) in [5, 5.41) is 3.35. The predicted molar refractivity (Wildman–Crippen MR) is 99.2 cm³/mol. The zero-order valence-corrected chi connectivity index (χ0v) is 14.5. The predicted octanol–water partition coefficient (Wildman–Crippen LogP) is 6.56. The van der Waals surface area contributed by atoms with Crippen molar-refractivity contribution in [2.75, 3.05) is 7.11 Å². The van der Waals surface area contributed by atoms with Gasteiger partial charge >= 0.3 is 0 Å². The lowest BCUT2D eigenvalue weighted by Crippen LogP contribution is -1.89. The van der Waals surface area contributed by atoms with Crippen LogP contribution < -0.4 is 4.74 Å². The fraction of sp³-hybridized carbons (Fsp3) is 0.0556. The highest BCUT2D eigenvalue weighted by atomic mass is 35.5. The first kappa shape index (κ1) is 16.1. The van der Waals surface area contributed by atoms with E-state index in [1.165, 1.54) is 0 Å². The number of hydrogen-bond acceptors (Lipinski definition) is 2. The first-order valence-electron chi connectivity index (χ1n) is 6.84. The van der Waals surface area contributed by atoms with Crippen LogP contribution in [-0.2, 0) is 0 Å². The van der Waals surface area contributed by atoms with Gasteiger partial charge < -0.3 is 4.74 Å². The van der Waals surface area contributed by atoms with Crippen LogP contribution in [-0.4, -0.2) is 13.3 Å². The average molecular weight is 365 g/mol. The molecule has 0 radical (unpaired) electrons. The van der Waals surface area contributed by atoms with Crippen molar-refractivity contribution in [3.63, 3.8) is 0 Å². The second-order valence-electron chi connectivity index (χ2n) is 4.88. The van der Waals surface area contributed by atoms with Crippen LogP contribution in [0.3, 0.4) is 0 Å². The molecular weight excluding hydrogens is 353 g/mol. The van der Waals surface area contributed by atoms with Gasteiger partial charge in [-0.1, -0.05) is 59.1 Å². The van der Waals surface area contributed by atoms with Gasteiger partial charge in [0.05, 0.1) is 27.9 Å². The Morgan fingerprint density at radius 3 is 2.30 bits per heavy atom. The number of rotatable bonds is 3. The summed E-state index contributed by atoms with van der Waals surface area (Å²) >= 11 is 18.1. The number of ether oxygens (including phenoxy) is 1. The molecule has 0 aliphatic rings. The highest BCUT2D eigenvalue weighted by Gasteiger charge is 2.06. The van der Waals surface area contributed by atoms with Gasteiger partial charge in [0.15, 0.2) is 0 Å². The van der Waals surface area contributed by atoms with Crippen LogP contribution in [0.1, 0.15) is 5.56 Å². The Labute approximate surface area is 149 Å². The number of nitrogens with zero attached hydrogens (tertiary/aromatic N) is 1. The van der Waals surface area contributed by atoms with Gasteiger partial charge in [-0.2, -0.15) is 0 Å². The van der Waals surface area contributed by atoms with Crippen LogP contribution in [0.5, 0.6) is 5.75 Å². The third-order valence-electron chi connectivity index (χ3n) is 3.47. The van der Waals surface area contributed by atoms with Crippen molar-refractivity contribution >= 4 is 57.5 Å². The molecule has 0 saturated carbocycles. The van der Waals surface area contributed by atoms with Gasteiger partial charge in [-0.15, -0.1) is 0 Å². The molecule has 0 N–H and O–H groups in total. The van der Waals surface area contributed by atoms with Gasteiger partial charge in [-0.3, -0.25) is 4.99 Å². The highest BCUT2D eigenvalue weighted by Crippen LogP contribution is 2.34. The minimum atomic E-state index is 0.408. The summed E-state index contributed by atoms with van der Waals surface area (Å²) in [7, 11) is 1.66. The van der Waals surface area contributed by atoms with Crippen molar-refractivity contribution in [3.05, 3.63) is 69.2 Å². The second kappa shape index (κ2) is 6.79. The Bertz CT molecular complexity index is 906. The topological polar surface area (TPSA) is 21.6 Å². The van der Waals surface area contributed by atoms with Crippen molar-refractivity contribution in [3.8, 4) is 5.75 Å². The van der Waals surface area contributed by atoms with Crippen LogP contribution >= 0.6 is 34.8 Å². The summed E-state index contributed by atoms with van der Waals surface area (Å²) in [4.78, 5) is 4.44. The number of hydrogen-bond donors (Lipinski definition) is 0. The summed E-state index contributed by atoms with van der Waals surface area (Å²) in [5.41, 5.74) is 1.53. The van der Waals surface area contributed by atoms with Crippen LogP contribution in [0.2, 0.25) is 15.1 Å². The summed E-state index contributed by atoms with van der Waals surface area (Å²) < 4.78 is 5.40. The lowest BCUT2D eigenvalue weighted by molar-refractivity contribution is 0.420. The van der Waals surface area contributed by atoms with E-state index in [-0.39, 0.29) is 0 Å². The monoisotopic (exact) mass is 363 g/mol. The molecule has 0 bridgehead atoms. The molecule has 2 nitrogen and oxygen atoms in total. The number of halogens is 3. The second-order valence-corrected chi connectivity index (χ2v) is 6.10. The molecule has 3 aromatic rings. The number of benzene rings is 3. The van der Waals surface area contributed by atoms with Crippen molar-refractivity contribution in [2.45, 2.75) is 0 Å². The molecule has 0 heterocycles. The van der Waals surface area contributed by atoms with Crippen LogP contribution in [0.15, 0.2) is 53.5 Å². The van der Waals surface area contributed by atoms with E-state index in [4.69, 9.17) is 39.5 Å². The molecule has 0 aliphatic heterocycles. The minimum absolute atomic E-state index is 0.408. The molecule has 0 aromatic heterocycles. The van der Waals surface area contributed by atoms with Crippen molar-refractivity contribution < 1.29 is 4.74 Å². The number of aliphatic imine (C=N–C) groups is 1. The van der Waals surface area contributed by atoms with Gasteiger partial charge in [0.25, 0.3) is 0 Å². The molecule has 23 heavy (non-hydrogen) atoms. The van der Waals surface area contributed by atoms with Crippen LogP contribution in [0, 0.1) is 0 Å². The molecule has 0 amide bonds. The van der Waals surface area contributed by atoms with Crippen molar-refractivity contribution in [2.24, 2.45) is 4.99 Å². The zero-order chi connectivity index (χ0) is 16.4. The Kier molecular flexibility index (Phi) is 4.76. The van der Waals surface area contributed by atoms with E-state index in [1.54, 1.807) is 25.5 Å². The first-order chi connectivity index (χ1) is 11.1. The van der Waals surface area contributed by atoms with E-state index in [1.807, 2.05) is 36.4 Å². The number of methoxy groups -OCH3 is 1. The van der Waals surface area contributed by atoms with Gasteiger partial charge in [0.1, 0.15) is 5.75 Å². The SMILES string of the molecule is COc1ccc(C=Nc2cc(Cl)c(Cl)cc2Cl)c2ccccc12. The lowest BCUT2D eigenvalue weighted by Gasteiger charge is -2.08. The van der Waals surface area contributed by atoms with Crippen molar-refractivity contribution in [1.82, 2.24) is 0 Å².